The Morgan fingerprint density at radius 2 is 1.90 bits per heavy atom. The van der Waals surface area contributed by atoms with Gasteiger partial charge in [0, 0.05) is 31.1 Å². The molecule has 0 spiro atoms. The second-order valence-corrected chi connectivity index (χ2v) is 8.30. The topological polar surface area (TPSA) is 41.1 Å². The van der Waals surface area contributed by atoms with Crippen LogP contribution in [-0.4, -0.2) is 29.8 Å². The number of benzene rings is 1. The maximum atomic E-state index is 4.25. The third kappa shape index (κ3) is 4.98. The van der Waals surface area contributed by atoms with Crippen LogP contribution in [0.4, 0.5) is 5.13 Å². The fourth-order valence-corrected chi connectivity index (χ4v) is 3.48. The van der Waals surface area contributed by atoms with E-state index in [9.17, 15) is 0 Å². The molecule has 0 saturated carbocycles. The number of anilines is 1. The summed E-state index contributed by atoms with van der Waals surface area (Å²) in [6.07, 6.45) is 0. The van der Waals surface area contributed by atoms with Crippen molar-refractivity contribution in [2.45, 2.75) is 42.1 Å². The summed E-state index contributed by atoms with van der Waals surface area (Å²) in [6.45, 7) is 7.39. The summed E-state index contributed by atoms with van der Waals surface area (Å²) in [7, 11) is 3.96. The maximum absolute atomic E-state index is 4.25. The Morgan fingerprint density at radius 3 is 2.52 bits per heavy atom. The summed E-state index contributed by atoms with van der Waals surface area (Å²) in [6, 6.07) is 8.45. The van der Waals surface area contributed by atoms with Gasteiger partial charge in [0.1, 0.15) is 0 Å². The van der Waals surface area contributed by atoms with Crippen LogP contribution in [0.1, 0.15) is 26.3 Å². The summed E-state index contributed by atoms with van der Waals surface area (Å²) in [5, 5.41) is 12.9. The number of aromatic nitrogens is 2. The molecule has 1 N–H and O–H groups in total. The zero-order valence-electron chi connectivity index (χ0n) is 13.2. The fraction of sp³-hybridized carbons (Fsp3) is 0.467. The normalized spacial score (nSPS) is 11.7. The molecule has 0 bridgehead atoms. The van der Waals surface area contributed by atoms with Crippen LogP contribution in [0.15, 0.2) is 33.5 Å². The minimum atomic E-state index is 0.110. The Hall–Kier alpha value is -1.11. The first-order valence-electron chi connectivity index (χ1n) is 6.87. The van der Waals surface area contributed by atoms with Crippen LogP contribution in [0.25, 0.3) is 0 Å². The Morgan fingerprint density at radius 1 is 1.19 bits per heavy atom. The molecule has 0 aliphatic heterocycles. The predicted molar refractivity (Wildman–Crippen MR) is 91.4 cm³/mol. The molecule has 0 atom stereocenters. The van der Waals surface area contributed by atoms with Gasteiger partial charge in [0.05, 0.1) is 0 Å². The zero-order valence-corrected chi connectivity index (χ0v) is 14.8. The molecule has 0 saturated heterocycles. The van der Waals surface area contributed by atoms with Crippen LogP contribution in [0.2, 0.25) is 0 Å². The molecule has 0 aliphatic rings. The van der Waals surface area contributed by atoms with E-state index in [4.69, 9.17) is 0 Å². The molecule has 2 aromatic rings. The zero-order chi connectivity index (χ0) is 15.5. The van der Waals surface area contributed by atoms with Gasteiger partial charge in [-0.15, -0.1) is 10.2 Å². The third-order valence-electron chi connectivity index (χ3n) is 2.76. The average Bonchev–Trinajstić information content (AvgIpc) is 2.85. The van der Waals surface area contributed by atoms with E-state index >= 15 is 0 Å². The van der Waals surface area contributed by atoms with Crippen LogP contribution in [0.3, 0.4) is 0 Å². The van der Waals surface area contributed by atoms with E-state index in [2.05, 4.69) is 60.6 Å². The van der Waals surface area contributed by atoms with Gasteiger partial charge in [-0.3, -0.25) is 0 Å². The van der Waals surface area contributed by atoms with E-state index in [1.54, 1.807) is 23.1 Å². The van der Waals surface area contributed by atoms with Gasteiger partial charge in [-0.05, 0) is 32.4 Å². The highest BCUT2D eigenvalue weighted by molar-refractivity contribution is 8.01. The molecule has 114 valence electrons. The monoisotopic (exact) mass is 322 g/mol. The van der Waals surface area contributed by atoms with Crippen molar-refractivity contribution in [3.63, 3.8) is 0 Å². The van der Waals surface area contributed by atoms with Crippen molar-refractivity contribution in [1.29, 1.82) is 0 Å². The van der Waals surface area contributed by atoms with E-state index in [0.29, 0.717) is 0 Å². The lowest BCUT2D eigenvalue weighted by atomic mass is 10.1. The minimum Gasteiger partial charge on any atom is -0.353 e. The first-order valence-corrected chi connectivity index (χ1v) is 8.50. The molecule has 0 amide bonds. The van der Waals surface area contributed by atoms with Crippen molar-refractivity contribution in [2.75, 3.05) is 19.0 Å². The highest BCUT2D eigenvalue weighted by Gasteiger charge is 2.13. The third-order valence-corrected chi connectivity index (χ3v) is 5.02. The first-order chi connectivity index (χ1) is 9.85. The molecule has 0 radical (unpaired) electrons. The maximum Gasteiger partial charge on any atom is 0.208 e. The van der Waals surface area contributed by atoms with Crippen LogP contribution in [0.5, 0.6) is 0 Å². The van der Waals surface area contributed by atoms with Crippen LogP contribution in [0, 0.1) is 0 Å². The lowest BCUT2D eigenvalue weighted by Crippen LogP contribution is -2.35. The molecule has 1 aromatic carbocycles. The Balaban J connectivity index is 2.12. The van der Waals surface area contributed by atoms with Gasteiger partial charge in [-0.25, -0.2) is 0 Å². The quantitative estimate of drug-likeness (QED) is 0.910. The number of hydrogen-bond donors (Lipinski definition) is 1. The first kappa shape index (κ1) is 16.3. The molecule has 1 heterocycles. The summed E-state index contributed by atoms with van der Waals surface area (Å²) in [5.41, 5.74) is 1.40. The fourth-order valence-electron chi connectivity index (χ4n) is 1.63. The van der Waals surface area contributed by atoms with Crippen molar-refractivity contribution in [1.82, 2.24) is 15.5 Å². The highest BCUT2D eigenvalue weighted by Crippen LogP contribution is 2.34. The minimum absolute atomic E-state index is 0.110. The van der Waals surface area contributed by atoms with Crippen molar-refractivity contribution >= 4 is 28.2 Å². The molecular weight excluding hydrogens is 300 g/mol. The molecule has 4 nitrogen and oxygen atoms in total. The summed E-state index contributed by atoms with van der Waals surface area (Å²) >= 11 is 3.30. The van der Waals surface area contributed by atoms with Gasteiger partial charge < -0.3 is 10.2 Å². The van der Waals surface area contributed by atoms with Gasteiger partial charge in [0.2, 0.25) is 5.13 Å². The molecule has 6 heteroatoms. The van der Waals surface area contributed by atoms with Crippen molar-refractivity contribution < 1.29 is 0 Å². The van der Waals surface area contributed by atoms with Gasteiger partial charge in [0.15, 0.2) is 4.34 Å². The number of nitrogens with zero attached hydrogens (tertiary/aromatic N) is 3. The molecule has 0 fully saturated rings. The smallest absolute Gasteiger partial charge is 0.208 e. The standard InChI is InChI=1S/C15H22N4S2/c1-15(2,3)16-10-11-8-6-7-9-12(11)20-14-18-17-13(21-14)19(4)5/h6-9,16H,10H2,1-5H3. The van der Waals surface area contributed by atoms with E-state index in [0.717, 1.165) is 16.0 Å². The summed E-state index contributed by atoms with van der Waals surface area (Å²) in [4.78, 5) is 3.21. The predicted octanol–water partition coefficient (Wildman–Crippen LogP) is 3.64. The number of rotatable bonds is 5. The van der Waals surface area contributed by atoms with Crippen molar-refractivity contribution in [3.05, 3.63) is 29.8 Å². The van der Waals surface area contributed by atoms with E-state index < -0.39 is 0 Å². The highest BCUT2D eigenvalue weighted by atomic mass is 32.2. The lowest BCUT2D eigenvalue weighted by molar-refractivity contribution is 0.422. The van der Waals surface area contributed by atoms with Gasteiger partial charge in [0.25, 0.3) is 0 Å². The summed E-state index contributed by atoms with van der Waals surface area (Å²) in [5.74, 6) is 0. The van der Waals surface area contributed by atoms with Crippen molar-refractivity contribution in [2.24, 2.45) is 0 Å². The SMILES string of the molecule is CN(C)c1nnc(Sc2ccccc2CNC(C)(C)C)s1. The molecule has 0 aliphatic carbocycles. The average molecular weight is 323 g/mol. The molecule has 1 aromatic heterocycles. The molecule has 2 rings (SSSR count). The Kier molecular flexibility index (Phi) is 5.24. The van der Waals surface area contributed by atoms with Gasteiger partial charge in [-0.2, -0.15) is 0 Å². The second-order valence-electron chi connectivity index (χ2n) is 6.06. The van der Waals surface area contributed by atoms with Crippen molar-refractivity contribution in [3.8, 4) is 0 Å². The second kappa shape index (κ2) is 6.77. The number of nitrogens with one attached hydrogen (secondary N) is 1. The van der Waals surface area contributed by atoms with Crippen LogP contribution in [-0.2, 0) is 6.54 Å². The Bertz CT molecular complexity index is 587. The largest absolute Gasteiger partial charge is 0.353 e. The van der Waals surface area contributed by atoms with Crippen LogP contribution < -0.4 is 10.2 Å². The summed E-state index contributed by atoms with van der Waals surface area (Å²) < 4.78 is 0.974. The van der Waals surface area contributed by atoms with Gasteiger partial charge in [-0.1, -0.05) is 41.3 Å². The van der Waals surface area contributed by atoms with E-state index in [1.807, 2.05) is 19.0 Å². The molecule has 21 heavy (non-hydrogen) atoms. The molecular formula is C15H22N4S2. The Labute approximate surface area is 135 Å². The van der Waals surface area contributed by atoms with Gasteiger partial charge >= 0.3 is 0 Å². The molecule has 0 unspecified atom stereocenters. The van der Waals surface area contributed by atoms with E-state index in [1.165, 1.54) is 10.5 Å². The number of hydrogen-bond acceptors (Lipinski definition) is 6. The van der Waals surface area contributed by atoms with Crippen LogP contribution >= 0.6 is 23.1 Å². The van der Waals surface area contributed by atoms with E-state index in [-0.39, 0.29) is 5.54 Å². The lowest BCUT2D eigenvalue weighted by Gasteiger charge is -2.21.